The molecule has 0 spiro atoms. The molecule has 0 saturated heterocycles. The van der Waals surface area contributed by atoms with Crippen molar-refractivity contribution in [3.05, 3.63) is 34.3 Å². The second-order valence-electron chi connectivity index (χ2n) is 5.02. The van der Waals surface area contributed by atoms with Gasteiger partial charge in [-0.15, -0.1) is 0 Å². The van der Waals surface area contributed by atoms with Gasteiger partial charge in [-0.1, -0.05) is 6.07 Å². The molecular weight excluding hydrogens is 248 g/mol. The molecule has 1 unspecified atom stereocenters. The minimum Gasteiger partial charge on any atom is -0.481 e. The third-order valence-electron chi connectivity index (χ3n) is 3.34. The summed E-state index contributed by atoms with van der Waals surface area (Å²) < 4.78 is 4.99. The van der Waals surface area contributed by atoms with E-state index in [2.05, 4.69) is 10.3 Å². The molecule has 0 aliphatic rings. The molecule has 0 aliphatic heterocycles. The summed E-state index contributed by atoms with van der Waals surface area (Å²) >= 11 is 0. The number of hydrogen-bond donors (Lipinski definition) is 3. The molecule has 2 rings (SSSR count). The van der Waals surface area contributed by atoms with Crippen molar-refractivity contribution in [1.29, 1.82) is 0 Å². The van der Waals surface area contributed by atoms with Crippen molar-refractivity contribution < 1.29 is 14.3 Å². The molecule has 2 aromatic rings. The van der Waals surface area contributed by atoms with Crippen LogP contribution in [0.2, 0.25) is 0 Å². The summed E-state index contributed by atoms with van der Waals surface area (Å²) in [6, 6.07) is 4.77. The lowest BCUT2D eigenvalue weighted by Crippen LogP contribution is -2.38. The van der Waals surface area contributed by atoms with Gasteiger partial charge in [0.2, 0.25) is 0 Å². The number of carboxylic acid groups (broad SMARTS) is 1. The number of nitrogens with one attached hydrogen (secondary N) is 2. The highest BCUT2D eigenvalue weighted by atomic mass is 16.4. The zero-order valence-electron chi connectivity index (χ0n) is 11.0. The highest BCUT2D eigenvalue weighted by Crippen LogP contribution is 2.34. The minimum absolute atomic E-state index is 0.394. The predicted molar refractivity (Wildman–Crippen MR) is 70.1 cm³/mol. The number of H-pyrrole nitrogens is 1. The molecular formula is C13H16N2O4. The predicted octanol–water partition coefficient (Wildman–Crippen LogP) is 1.49. The van der Waals surface area contributed by atoms with Crippen LogP contribution >= 0.6 is 0 Å². The molecule has 0 radical (unpaired) electrons. The fourth-order valence-corrected chi connectivity index (χ4v) is 2.21. The molecule has 6 nitrogen and oxygen atoms in total. The highest BCUT2D eigenvalue weighted by molar-refractivity contribution is 5.76. The van der Waals surface area contributed by atoms with E-state index in [9.17, 15) is 14.7 Å². The van der Waals surface area contributed by atoms with Gasteiger partial charge in [0.25, 0.3) is 0 Å². The summed E-state index contributed by atoms with van der Waals surface area (Å²) in [5, 5.41) is 12.3. The monoisotopic (exact) mass is 264 g/mol. The number of benzene rings is 1. The lowest BCUT2D eigenvalue weighted by Gasteiger charge is -2.30. The van der Waals surface area contributed by atoms with Crippen LogP contribution in [0.15, 0.2) is 27.4 Å². The van der Waals surface area contributed by atoms with E-state index in [1.807, 2.05) is 0 Å². The van der Waals surface area contributed by atoms with Crippen LogP contribution in [-0.4, -0.2) is 23.1 Å². The van der Waals surface area contributed by atoms with Gasteiger partial charge in [0.05, 0.1) is 10.9 Å². The molecule has 0 bridgehead atoms. The van der Waals surface area contributed by atoms with E-state index in [0.29, 0.717) is 11.1 Å². The molecule has 1 atom stereocenters. The number of hydrogen-bond acceptors (Lipinski definition) is 4. The summed E-state index contributed by atoms with van der Waals surface area (Å²) in [6.07, 6.45) is 0. The Balaban J connectivity index is 2.51. The number of aromatic nitrogens is 1. The Labute approximate surface area is 109 Å². The Morgan fingerprint density at radius 2 is 2.16 bits per heavy atom. The Morgan fingerprint density at radius 1 is 1.47 bits per heavy atom. The largest absolute Gasteiger partial charge is 0.481 e. The molecule has 102 valence electrons. The van der Waals surface area contributed by atoms with Crippen molar-refractivity contribution >= 4 is 17.1 Å². The van der Waals surface area contributed by atoms with Gasteiger partial charge >= 0.3 is 11.7 Å². The Morgan fingerprint density at radius 3 is 2.74 bits per heavy atom. The molecule has 1 heterocycles. The molecule has 1 aromatic heterocycles. The van der Waals surface area contributed by atoms with Crippen LogP contribution in [0.4, 0.5) is 0 Å². The van der Waals surface area contributed by atoms with Crippen LogP contribution in [-0.2, 0) is 4.79 Å². The van der Waals surface area contributed by atoms with Crippen molar-refractivity contribution in [2.45, 2.75) is 19.9 Å². The standard InChI is InChI=1S/C13H16N2O4/c1-13(2,11(16)17)10(14-3)7-4-5-8-9(6-7)19-12(18)15-8/h4-6,10,14H,1-3H3,(H,15,18)(H,16,17). The summed E-state index contributed by atoms with van der Waals surface area (Å²) in [6.45, 7) is 3.29. The molecule has 19 heavy (non-hydrogen) atoms. The second kappa shape index (κ2) is 4.55. The van der Waals surface area contributed by atoms with Crippen LogP contribution in [0.25, 0.3) is 11.1 Å². The van der Waals surface area contributed by atoms with Gasteiger partial charge in [0, 0.05) is 6.04 Å². The SMILES string of the molecule is CNC(c1ccc2[nH]c(=O)oc2c1)C(C)(C)C(=O)O. The van der Waals surface area contributed by atoms with Crippen molar-refractivity contribution in [3.8, 4) is 0 Å². The number of fused-ring (bicyclic) bond motifs is 1. The maximum Gasteiger partial charge on any atom is 0.417 e. The number of aromatic amines is 1. The van der Waals surface area contributed by atoms with Crippen LogP contribution in [0, 0.1) is 5.41 Å². The van der Waals surface area contributed by atoms with Gasteiger partial charge in [0.1, 0.15) is 0 Å². The van der Waals surface area contributed by atoms with Crippen LogP contribution in [0.5, 0.6) is 0 Å². The first-order valence-electron chi connectivity index (χ1n) is 5.89. The van der Waals surface area contributed by atoms with Gasteiger partial charge < -0.3 is 14.8 Å². The smallest absolute Gasteiger partial charge is 0.417 e. The van der Waals surface area contributed by atoms with E-state index in [4.69, 9.17) is 4.42 Å². The molecule has 0 fully saturated rings. The number of carboxylic acids is 1. The first-order chi connectivity index (χ1) is 8.86. The molecule has 0 aliphatic carbocycles. The average molecular weight is 264 g/mol. The number of rotatable bonds is 4. The fraction of sp³-hybridized carbons (Fsp3) is 0.385. The fourth-order valence-electron chi connectivity index (χ4n) is 2.21. The second-order valence-corrected chi connectivity index (χ2v) is 5.02. The third-order valence-corrected chi connectivity index (χ3v) is 3.34. The number of aliphatic carboxylic acids is 1. The van der Waals surface area contributed by atoms with Crippen molar-refractivity contribution in [2.24, 2.45) is 5.41 Å². The van der Waals surface area contributed by atoms with Gasteiger partial charge in [-0.25, -0.2) is 4.79 Å². The lowest BCUT2D eigenvalue weighted by molar-refractivity contribution is -0.148. The number of oxazole rings is 1. The summed E-state index contributed by atoms with van der Waals surface area (Å²) in [7, 11) is 1.70. The topological polar surface area (TPSA) is 95.3 Å². The summed E-state index contributed by atoms with van der Waals surface area (Å²) in [5.41, 5.74) is 0.782. The molecule has 6 heteroatoms. The average Bonchev–Trinajstić information content (AvgIpc) is 2.68. The van der Waals surface area contributed by atoms with Crippen molar-refractivity contribution in [3.63, 3.8) is 0 Å². The number of carbonyl (C=O) groups is 1. The highest BCUT2D eigenvalue weighted by Gasteiger charge is 2.37. The molecule has 1 aromatic carbocycles. The maximum atomic E-state index is 11.3. The van der Waals surface area contributed by atoms with E-state index in [0.717, 1.165) is 5.56 Å². The van der Waals surface area contributed by atoms with Gasteiger partial charge in [-0.2, -0.15) is 0 Å². The van der Waals surface area contributed by atoms with Crippen LogP contribution in [0.1, 0.15) is 25.5 Å². The van der Waals surface area contributed by atoms with Crippen molar-refractivity contribution in [2.75, 3.05) is 7.05 Å². The summed E-state index contributed by atoms with van der Waals surface area (Å²) in [4.78, 5) is 25.0. The van der Waals surface area contributed by atoms with E-state index < -0.39 is 23.2 Å². The van der Waals surface area contributed by atoms with E-state index in [1.165, 1.54) is 0 Å². The van der Waals surface area contributed by atoms with Crippen molar-refractivity contribution in [1.82, 2.24) is 10.3 Å². The zero-order valence-corrected chi connectivity index (χ0v) is 11.0. The quantitative estimate of drug-likeness (QED) is 0.777. The van der Waals surface area contributed by atoms with Gasteiger partial charge in [0.15, 0.2) is 5.58 Å². The minimum atomic E-state index is -0.987. The summed E-state index contributed by atoms with van der Waals surface area (Å²) in [5.74, 6) is -1.42. The molecule has 0 amide bonds. The first kappa shape index (κ1) is 13.4. The Kier molecular flexibility index (Phi) is 3.20. The zero-order chi connectivity index (χ0) is 14.2. The first-order valence-corrected chi connectivity index (χ1v) is 5.89. The van der Waals surface area contributed by atoms with Crippen LogP contribution in [0.3, 0.4) is 0 Å². The van der Waals surface area contributed by atoms with E-state index in [1.54, 1.807) is 39.1 Å². The Bertz CT molecular complexity index is 669. The Hall–Kier alpha value is -2.08. The normalized spacial score (nSPS) is 13.6. The molecule has 0 saturated carbocycles. The third kappa shape index (κ3) is 2.26. The van der Waals surface area contributed by atoms with Gasteiger partial charge in [-0.05, 0) is 38.6 Å². The molecule has 3 N–H and O–H groups in total. The van der Waals surface area contributed by atoms with E-state index >= 15 is 0 Å². The van der Waals surface area contributed by atoms with Crippen LogP contribution < -0.4 is 11.1 Å². The van der Waals surface area contributed by atoms with E-state index in [-0.39, 0.29) is 0 Å². The van der Waals surface area contributed by atoms with Gasteiger partial charge in [-0.3, -0.25) is 9.78 Å². The lowest BCUT2D eigenvalue weighted by atomic mass is 9.80. The maximum absolute atomic E-state index is 11.3.